The van der Waals surface area contributed by atoms with E-state index in [-0.39, 0.29) is 0 Å². The fraction of sp³-hybridized carbons (Fsp3) is 0.200. The van der Waals surface area contributed by atoms with Crippen molar-refractivity contribution in [2.24, 2.45) is 0 Å². The van der Waals surface area contributed by atoms with E-state index in [1.807, 2.05) is 12.1 Å². The smallest absolute Gasteiger partial charge is 0.101 e. The van der Waals surface area contributed by atoms with Gasteiger partial charge >= 0.3 is 0 Å². The molecule has 0 amide bonds. The molecule has 0 aliphatic rings. The number of nitrogens with one attached hydrogen (secondary N) is 1. The summed E-state index contributed by atoms with van der Waals surface area (Å²) in [5.74, 6) is 0. The highest BCUT2D eigenvalue weighted by Crippen LogP contribution is 2.00. The number of pyridine rings is 1. The zero-order chi connectivity index (χ0) is 9.52. The minimum atomic E-state index is 0.595. The second-order valence-electron chi connectivity index (χ2n) is 2.61. The van der Waals surface area contributed by atoms with E-state index < -0.39 is 0 Å². The summed E-state index contributed by atoms with van der Waals surface area (Å²) in [4.78, 5) is 3.95. The Kier molecular flexibility index (Phi) is 3.68. The van der Waals surface area contributed by atoms with Crippen molar-refractivity contribution in [2.75, 3.05) is 6.54 Å². The van der Waals surface area contributed by atoms with Gasteiger partial charge in [-0.05, 0) is 11.6 Å². The Morgan fingerprint density at radius 1 is 1.62 bits per heavy atom. The number of aromatic nitrogens is 1. The summed E-state index contributed by atoms with van der Waals surface area (Å²) < 4.78 is 0. The Hall–Kier alpha value is -1.66. The molecule has 13 heavy (non-hydrogen) atoms. The third-order valence-corrected chi connectivity index (χ3v) is 1.54. The molecule has 0 aliphatic carbocycles. The molecule has 0 aromatic carbocycles. The molecule has 3 heteroatoms. The standard InChI is InChI=1S/C10H11N3/c1-2-3-12-7-10-4-9(5-11)6-13-8-10/h2,4,6,8,12H,1,3,7H2. The molecule has 0 bridgehead atoms. The first kappa shape index (κ1) is 9.43. The number of hydrogen-bond donors (Lipinski definition) is 1. The molecule has 1 aromatic heterocycles. The molecule has 66 valence electrons. The molecule has 3 nitrogen and oxygen atoms in total. The summed E-state index contributed by atoms with van der Waals surface area (Å²) in [6, 6.07) is 3.87. The number of nitrogens with zero attached hydrogens (tertiary/aromatic N) is 2. The van der Waals surface area contributed by atoms with Crippen LogP contribution in [0.2, 0.25) is 0 Å². The lowest BCUT2D eigenvalue weighted by atomic mass is 10.2. The highest BCUT2D eigenvalue weighted by atomic mass is 14.8. The van der Waals surface area contributed by atoms with Gasteiger partial charge in [-0.25, -0.2) is 0 Å². The number of rotatable bonds is 4. The average molecular weight is 173 g/mol. The Balaban J connectivity index is 2.57. The molecular weight excluding hydrogens is 162 g/mol. The van der Waals surface area contributed by atoms with E-state index in [1.54, 1.807) is 18.5 Å². The molecule has 1 heterocycles. The van der Waals surface area contributed by atoms with Crippen molar-refractivity contribution in [3.05, 3.63) is 42.2 Å². The summed E-state index contributed by atoms with van der Waals surface area (Å²) in [7, 11) is 0. The topological polar surface area (TPSA) is 48.7 Å². The molecule has 0 saturated carbocycles. The van der Waals surface area contributed by atoms with Gasteiger partial charge in [0.1, 0.15) is 6.07 Å². The monoisotopic (exact) mass is 173 g/mol. The van der Waals surface area contributed by atoms with Gasteiger partial charge in [-0.3, -0.25) is 4.98 Å². The lowest BCUT2D eigenvalue weighted by Gasteiger charge is -2.00. The van der Waals surface area contributed by atoms with Crippen LogP contribution >= 0.6 is 0 Å². The third-order valence-electron chi connectivity index (χ3n) is 1.54. The van der Waals surface area contributed by atoms with Crippen molar-refractivity contribution < 1.29 is 0 Å². The van der Waals surface area contributed by atoms with Gasteiger partial charge in [0, 0.05) is 25.5 Å². The van der Waals surface area contributed by atoms with Crippen molar-refractivity contribution in [3.8, 4) is 6.07 Å². The lowest BCUT2D eigenvalue weighted by Crippen LogP contribution is -2.12. The molecule has 0 aliphatic heterocycles. The predicted molar refractivity (Wildman–Crippen MR) is 50.9 cm³/mol. The molecule has 1 aromatic rings. The van der Waals surface area contributed by atoms with Gasteiger partial charge in [0.2, 0.25) is 0 Å². The van der Waals surface area contributed by atoms with Gasteiger partial charge in [0.05, 0.1) is 5.56 Å². The molecular formula is C10H11N3. The Bertz CT molecular complexity index is 325. The van der Waals surface area contributed by atoms with E-state index in [2.05, 4.69) is 16.9 Å². The maximum atomic E-state index is 8.61. The number of hydrogen-bond acceptors (Lipinski definition) is 3. The normalized spacial score (nSPS) is 9.15. The van der Waals surface area contributed by atoms with Crippen LogP contribution in [0.15, 0.2) is 31.1 Å². The summed E-state index contributed by atoms with van der Waals surface area (Å²) in [5, 5.41) is 11.7. The van der Waals surface area contributed by atoms with Gasteiger partial charge in [-0.1, -0.05) is 6.08 Å². The zero-order valence-electron chi connectivity index (χ0n) is 7.33. The van der Waals surface area contributed by atoms with Crippen LogP contribution in [0, 0.1) is 11.3 Å². The van der Waals surface area contributed by atoms with Crippen LogP contribution in [0.3, 0.4) is 0 Å². The second-order valence-corrected chi connectivity index (χ2v) is 2.61. The first-order valence-corrected chi connectivity index (χ1v) is 4.02. The summed E-state index contributed by atoms with van der Waals surface area (Å²) in [5.41, 5.74) is 1.61. The third kappa shape index (κ3) is 3.06. The summed E-state index contributed by atoms with van der Waals surface area (Å²) in [6.45, 7) is 5.07. The van der Waals surface area contributed by atoms with Crippen molar-refractivity contribution in [2.45, 2.75) is 6.54 Å². The largest absolute Gasteiger partial charge is 0.309 e. The second kappa shape index (κ2) is 5.07. The van der Waals surface area contributed by atoms with Crippen LogP contribution in [-0.2, 0) is 6.54 Å². The predicted octanol–water partition coefficient (Wildman–Crippen LogP) is 1.23. The first-order valence-electron chi connectivity index (χ1n) is 4.02. The Morgan fingerprint density at radius 2 is 2.46 bits per heavy atom. The van der Waals surface area contributed by atoms with Crippen LogP contribution in [0.1, 0.15) is 11.1 Å². The van der Waals surface area contributed by atoms with E-state index >= 15 is 0 Å². The maximum Gasteiger partial charge on any atom is 0.101 e. The molecule has 0 saturated heterocycles. The van der Waals surface area contributed by atoms with Crippen LogP contribution < -0.4 is 5.32 Å². The SMILES string of the molecule is C=CCNCc1cncc(C#N)c1. The van der Waals surface area contributed by atoms with E-state index in [1.165, 1.54) is 0 Å². The van der Waals surface area contributed by atoms with Crippen molar-refractivity contribution in [3.63, 3.8) is 0 Å². The Labute approximate surface area is 77.7 Å². The van der Waals surface area contributed by atoms with Crippen molar-refractivity contribution in [1.29, 1.82) is 5.26 Å². The molecule has 0 spiro atoms. The van der Waals surface area contributed by atoms with Crippen LogP contribution in [0.4, 0.5) is 0 Å². The molecule has 0 atom stereocenters. The Morgan fingerprint density at radius 3 is 3.15 bits per heavy atom. The fourth-order valence-corrected chi connectivity index (χ4v) is 0.964. The molecule has 1 rings (SSSR count). The van der Waals surface area contributed by atoms with E-state index in [4.69, 9.17) is 5.26 Å². The van der Waals surface area contributed by atoms with Gasteiger partial charge in [-0.2, -0.15) is 5.26 Å². The zero-order valence-corrected chi connectivity index (χ0v) is 7.33. The van der Waals surface area contributed by atoms with Crippen LogP contribution in [-0.4, -0.2) is 11.5 Å². The summed E-state index contributed by atoms with van der Waals surface area (Å²) in [6.07, 6.45) is 5.09. The molecule has 1 N–H and O–H groups in total. The van der Waals surface area contributed by atoms with Gasteiger partial charge in [-0.15, -0.1) is 6.58 Å². The number of nitriles is 1. The summed E-state index contributed by atoms with van der Waals surface area (Å²) >= 11 is 0. The van der Waals surface area contributed by atoms with E-state index in [0.717, 1.165) is 12.1 Å². The maximum absolute atomic E-state index is 8.61. The average Bonchev–Trinajstić information content (AvgIpc) is 2.19. The minimum absolute atomic E-state index is 0.595. The highest BCUT2D eigenvalue weighted by molar-refractivity contribution is 5.28. The van der Waals surface area contributed by atoms with E-state index in [9.17, 15) is 0 Å². The molecule has 0 unspecified atom stereocenters. The van der Waals surface area contributed by atoms with Crippen molar-refractivity contribution in [1.82, 2.24) is 10.3 Å². The highest BCUT2D eigenvalue weighted by Gasteiger charge is 1.94. The molecule has 0 radical (unpaired) electrons. The van der Waals surface area contributed by atoms with Crippen LogP contribution in [0.25, 0.3) is 0 Å². The lowest BCUT2D eigenvalue weighted by molar-refractivity contribution is 0.757. The van der Waals surface area contributed by atoms with Gasteiger partial charge < -0.3 is 5.32 Å². The molecule has 0 fully saturated rings. The fourth-order valence-electron chi connectivity index (χ4n) is 0.964. The first-order chi connectivity index (χ1) is 6.36. The van der Waals surface area contributed by atoms with E-state index in [0.29, 0.717) is 12.1 Å². The van der Waals surface area contributed by atoms with Gasteiger partial charge in [0.25, 0.3) is 0 Å². The van der Waals surface area contributed by atoms with Crippen molar-refractivity contribution >= 4 is 0 Å². The quantitative estimate of drug-likeness (QED) is 0.550. The minimum Gasteiger partial charge on any atom is -0.309 e. The van der Waals surface area contributed by atoms with Crippen LogP contribution in [0.5, 0.6) is 0 Å². The van der Waals surface area contributed by atoms with Gasteiger partial charge in [0.15, 0.2) is 0 Å².